The smallest absolute Gasteiger partial charge is 0.330 e. The number of rotatable bonds is 6. The summed E-state index contributed by atoms with van der Waals surface area (Å²) < 4.78 is 58.5. The Balaban J connectivity index is 1.84. The molecule has 1 aromatic rings. The van der Waals surface area contributed by atoms with Crippen LogP contribution in [0.5, 0.6) is 0 Å². The predicted octanol–water partition coefficient (Wildman–Crippen LogP) is 2.08. The first-order valence-corrected chi connectivity index (χ1v) is 6.22. The van der Waals surface area contributed by atoms with Crippen LogP contribution < -0.4 is 5.73 Å². The van der Waals surface area contributed by atoms with E-state index in [0.29, 0.717) is 5.89 Å². The van der Waals surface area contributed by atoms with E-state index < -0.39 is 25.6 Å². The van der Waals surface area contributed by atoms with Gasteiger partial charge in [-0.2, -0.15) is 13.8 Å². The van der Waals surface area contributed by atoms with Crippen LogP contribution in [0.2, 0.25) is 0 Å². The molecule has 0 aliphatic heterocycles. The Bertz CT molecular complexity index is 441. The highest BCUT2D eigenvalue weighted by Gasteiger charge is 2.41. The maximum Gasteiger partial charge on any atom is 0.330 e. The average molecular weight is 297 g/mol. The Kier molecular flexibility index (Phi) is 4.59. The maximum atomic E-state index is 12.6. The van der Waals surface area contributed by atoms with Crippen LogP contribution in [0.1, 0.15) is 36.9 Å². The fraction of sp³-hybridized carbons (Fsp3) is 0.818. The number of hydrogen-bond acceptors (Lipinski definition) is 5. The molecule has 0 bridgehead atoms. The van der Waals surface area contributed by atoms with Crippen molar-refractivity contribution in [1.29, 1.82) is 0 Å². The molecule has 1 aliphatic carbocycles. The molecular weight excluding hydrogens is 282 g/mol. The minimum atomic E-state index is -4.18. The van der Waals surface area contributed by atoms with E-state index in [1.165, 1.54) is 0 Å². The van der Waals surface area contributed by atoms with Crippen molar-refractivity contribution in [3.8, 4) is 0 Å². The largest absolute Gasteiger partial charge is 0.367 e. The molecule has 1 heterocycles. The third-order valence-electron chi connectivity index (χ3n) is 3.22. The van der Waals surface area contributed by atoms with Crippen molar-refractivity contribution >= 4 is 0 Å². The van der Waals surface area contributed by atoms with Crippen molar-refractivity contribution in [1.82, 2.24) is 10.1 Å². The van der Waals surface area contributed by atoms with Crippen LogP contribution in [0.3, 0.4) is 0 Å². The summed E-state index contributed by atoms with van der Waals surface area (Å²) in [7, 11) is 0. The molecule has 5 nitrogen and oxygen atoms in total. The molecule has 0 spiro atoms. The van der Waals surface area contributed by atoms with E-state index in [1.807, 2.05) is 0 Å². The van der Waals surface area contributed by atoms with Gasteiger partial charge in [0.25, 0.3) is 0 Å². The SMILES string of the molecule is NC1CCCC1c1nc(COCC(F)(F)C(F)F)no1. The molecule has 20 heavy (non-hydrogen) atoms. The zero-order valence-electron chi connectivity index (χ0n) is 10.6. The topological polar surface area (TPSA) is 74.2 Å². The van der Waals surface area contributed by atoms with Crippen molar-refractivity contribution in [2.75, 3.05) is 6.61 Å². The van der Waals surface area contributed by atoms with E-state index in [4.69, 9.17) is 10.3 Å². The summed E-state index contributed by atoms with van der Waals surface area (Å²) in [6.07, 6.45) is -1.12. The zero-order valence-corrected chi connectivity index (χ0v) is 10.6. The second-order valence-electron chi connectivity index (χ2n) is 4.80. The maximum absolute atomic E-state index is 12.6. The molecule has 2 atom stereocenters. The average Bonchev–Trinajstić information content (AvgIpc) is 2.97. The molecule has 2 unspecified atom stereocenters. The molecule has 2 N–H and O–H groups in total. The Labute approximate surface area is 112 Å². The number of nitrogens with two attached hydrogens (primary N) is 1. The number of nitrogens with zero attached hydrogens (tertiary/aromatic N) is 2. The summed E-state index contributed by atoms with van der Waals surface area (Å²) in [4.78, 5) is 3.99. The van der Waals surface area contributed by atoms with Crippen LogP contribution >= 0.6 is 0 Å². The Morgan fingerprint density at radius 3 is 2.75 bits per heavy atom. The minimum absolute atomic E-state index is 0.0428. The quantitative estimate of drug-likeness (QED) is 0.814. The normalized spacial score (nSPS) is 23.7. The third-order valence-corrected chi connectivity index (χ3v) is 3.22. The van der Waals surface area contributed by atoms with E-state index in [2.05, 4.69) is 14.9 Å². The number of ether oxygens (including phenoxy) is 1. The van der Waals surface area contributed by atoms with Crippen molar-refractivity contribution < 1.29 is 26.8 Å². The van der Waals surface area contributed by atoms with Crippen molar-refractivity contribution in [3.63, 3.8) is 0 Å². The van der Waals surface area contributed by atoms with Gasteiger partial charge in [0.15, 0.2) is 5.82 Å². The summed E-state index contributed by atoms with van der Waals surface area (Å²) in [5.74, 6) is -3.84. The first-order valence-electron chi connectivity index (χ1n) is 6.22. The van der Waals surface area contributed by atoms with Gasteiger partial charge in [-0.15, -0.1) is 0 Å². The van der Waals surface area contributed by atoms with Gasteiger partial charge in [0, 0.05) is 6.04 Å². The highest BCUT2D eigenvalue weighted by atomic mass is 19.3. The van der Waals surface area contributed by atoms with E-state index in [9.17, 15) is 17.6 Å². The lowest BCUT2D eigenvalue weighted by molar-refractivity contribution is -0.168. The second-order valence-corrected chi connectivity index (χ2v) is 4.80. The van der Waals surface area contributed by atoms with E-state index in [1.54, 1.807) is 0 Å². The Morgan fingerprint density at radius 1 is 1.40 bits per heavy atom. The third kappa shape index (κ3) is 3.45. The summed E-state index contributed by atoms with van der Waals surface area (Å²) in [5, 5.41) is 3.56. The molecule has 0 amide bonds. The summed E-state index contributed by atoms with van der Waals surface area (Å²) >= 11 is 0. The zero-order chi connectivity index (χ0) is 14.8. The Hall–Kier alpha value is -1.22. The monoisotopic (exact) mass is 297 g/mol. The van der Waals surface area contributed by atoms with Gasteiger partial charge in [0.2, 0.25) is 5.89 Å². The van der Waals surface area contributed by atoms with Gasteiger partial charge >= 0.3 is 12.3 Å². The highest BCUT2D eigenvalue weighted by Crippen LogP contribution is 2.32. The predicted molar refractivity (Wildman–Crippen MR) is 59.5 cm³/mol. The van der Waals surface area contributed by atoms with E-state index >= 15 is 0 Å². The second kappa shape index (κ2) is 6.04. The standard InChI is InChI=1S/C11H15F4N3O2/c12-10(13)11(14,15)5-19-4-8-17-9(20-18-8)6-2-1-3-7(6)16/h6-7,10H,1-5,16H2. The van der Waals surface area contributed by atoms with Crippen LogP contribution in [0.4, 0.5) is 17.6 Å². The lowest BCUT2D eigenvalue weighted by Crippen LogP contribution is -2.32. The van der Waals surface area contributed by atoms with Gasteiger partial charge in [-0.1, -0.05) is 11.6 Å². The first kappa shape index (κ1) is 15.2. The lowest BCUT2D eigenvalue weighted by Gasteiger charge is -2.14. The summed E-state index contributed by atoms with van der Waals surface area (Å²) in [6.45, 7) is -1.80. The molecule has 1 fully saturated rings. The van der Waals surface area contributed by atoms with Crippen molar-refractivity contribution in [2.45, 2.75) is 50.2 Å². The number of alkyl halides is 4. The minimum Gasteiger partial charge on any atom is -0.367 e. The van der Waals surface area contributed by atoms with Gasteiger partial charge < -0.3 is 15.0 Å². The molecule has 1 saturated carbocycles. The van der Waals surface area contributed by atoms with Crippen LogP contribution in [-0.4, -0.2) is 35.1 Å². The van der Waals surface area contributed by atoms with Gasteiger partial charge in [-0.05, 0) is 12.8 Å². The van der Waals surface area contributed by atoms with E-state index in [0.717, 1.165) is 19.3 Å². The molecule has 2 rings (SSSR count). The van der Waals surface area contributed by atoms with Crippen molar-refractivity contribution in [2.24, 2.45) is 5.73 Å². The first-order chi connectivity index (χ1) is 9.40. The van der Waals surface area contributed by atoms with Crippen LogP contribution in [0.25, 0.3) is 0 Å². The van der Waals surface area contributed by atoms with Gasteiger partial charge in [-0.3, -0.25) is 0 Å². The summed E-state index contributed by atoms with van der Waals surface area (Å²) in [6, 6.07) is -0.0626. The molecule has 1 aliphatic rings. The van der Waals surface area contributed by atoms with E-state index in [-0.39, 0.29) is 17.8 Å². The van der Waals surface area contributed by atoms with Gasteiger partial charge in [0.05, 0.1) is 5.92 Å². The molecule has 0 saturated heterocycles. The van der Waals surface area contributed by atoms with Crippen LogP contribution in [-0.2, 0) is 11.3 Å². The number of halogens is 4. The Morgan fingerprint density at radius 2 is 2.15 bits per heavy atom. The molecule has 9 heteroatoms. The highest BCUT2D eigenvalue weighted by molar-refractivity contribution is 5.01. The van der Waals surface area contributed by atoms with Crippen molar-refractivity contribution in [3.05, 3.63) is 11.7 Å². The summed E-state index contributed by atoms with van der Waals surface area (Å²) in [5.41, 5.74) is 5.87. The van der Waals surface area contributed by atoms with Gasteiger partial charge in [-0.25, -0.2) is 8.78 Å². The molecule has 114 valence electrons. The number of hydrogen-bond donors (Lipinski definition) is 1. The molecule has 1 aromatic heterocycles. The fourth-order valence-corrected chi connectivity index (χ4v) is 2.11. The van der Waals surface area contributed by atoms with Crippen LogP contribution in [0.15, 0.2) is 4.52 Å². The molecule has 0 radical (unpaired) electrons. The molecular formula is C11H15F4N3O2. The van der Waals surface area contributed by atoms with Gasteiger partial charge in [0.1, 0.15) is 13.2 Å². The lowest BCUT2D eigenvalue weighted by atomic mass is 10.1. The fourth-order valence-electron chi connectivity index (χ4n) is 2.11. The number of aromatic nitrogens is 2. The van der Waals surface area contributed by atoms with Crippen LogP contribution in [0, 0.1) is 0 Å². The molecule has 0 aromatic carbocycles.